The lowest BCUT2D eigenvalue weighted by Crippen LogP contribution is -2.43. The third-order valence-corrected chi connectivity index (χ3v) is 5.40. The zero-order valence-electron chi connectivity index (χ0n) is 16.2. The minimum Gasteiger partial charge on any atom is -0.507 e. The van der Waals surface area contributed by atoms with Gasteiger partial charge in [0.25, 0.3) is 0 Å². The van der Waals surface area contributed by atoms with Gasteiger partial charge >= 0.3 is 0 Å². The van der Waals surface area contributed by atoms with Gasteiger partial charge in [0.2, 0.25) is 0 Å². The molecule has 0 unspecified atom stereocenters. The fourth-order valence-electron chi connectivity index (χ4n) is 3.67. The van der Waals surface area contributed by atoms with Gasteiger partial charge in [-0.2, -0.15) is 0 Å². The molecule has 1 saturated heterocycles. The van der Waals surface area contributed by atoms with Gasteiger partial charge in [-0.1, -0.05) is 6.07 Å². The number of nitrogens with zero attached hydrogens (tertiary/aromatic N) is 4. The van der Waals surface area contributed by atoms with Crippen molar-refractivity contribution in [2.75, 3.05) is 33.2 Å². The van der Waals surface area contributed by atoms with Gasteiger partial charge in [-0.15, -0.1) is 0 Å². The Morgan fingerprint density at radius 3 is 2.41 bits per heavy atom. The van der Waals surface area contributed by atoms with Gasteiger partial charge < -0.3 is 10.0 Å². The van der Waals surface area contributed by atoms with Crippen molar-refractivity contribution < 1.29 is 5.11 Å². The molecule has 0 spiro atoms. The van der Waals surface area contributed by atoms with E-state index in [1.807, 2.05) is 32.2 Å². The van der Waals surface area contributed by atoms with E-state index in [0.29, 0.717) is 11.6 Å². The molecule has 0 atom stereocenters. The summed E-state index contributed by atoms with van der Waals surface area (Å²) in [6, 6.07) is 10.3. The highest BCUT2D eigenvalue weighted by atomic mass is 16.3. The Hall–Kier alpha value is -2.50. The highest BCUT2D eigenvalue weighted by Crippen LogP contribution is 2.28. The normalized spacial score (nSPS) is 16.1. The first kappa shape index (κ1) is 17.9. The van der Waals surface area contributed by atoms with Crippen molar-refractivity contribution in [2.45, 2.75) is 20.4 Å². The van der Waals surface area contributed by atoms with Crippen LogP contribution in [-0.2, 0) is 6.54 Å². The minimum absolute atomic E-state index is 0.341. The molecule has 140 valence electrons. The average Bonchev–Trinajstić information content (AvgIpc) is 2.67. The Bertz CT molecular complexity index is 954. The van der Waals surface area contributed by atoms with Crippen molar-refractivity contribution >= 4 is 10.9 Å². The number of fused-ring (bicyclic) bond motifs is 1. The number of phenolic OH excluding ortho intramolecular Hbond substituents is 1. The van der Waals surface area contributed by atoms with Crippen LogP contribution in [0.15, 0.2) is 36.5 Å². The molecule has 1 fully saturated rings. The van der Waals surface area contributed by atoms with E-state index in [9.17, 15) is 5.11 Å². The van der Waals surface area contributed by atoms with Crippen LogP contribution in [0, 0.1) is 13.8 Å². The lowest BCUT2D eigenvalue weighted by Gasteiger charge is -2.32. The molecule has 27 heavy (non-hydrogen) atoms. The maximum Gasteiger partial charge on any atom is 0.159 e. The van der Waals surface area contributed by atoms with Crippen LogP contribution in [-0.4, -0.2) is 58.1 Å². The second kappa shape index (κ2) is 7.25. The number of piperazine rings is 1. The number of phenols is 1. The van der Waals surface area contributed by atoms with Gasteiger partial charge in [0.05, 0.1) is 5.52 Å². The number of hydrogen-bond acceptors (Lipinski definition) is 5. The van der Waals surface area contributed by atoms with E-state index < -0.39 is 0 Å². The summed E-state index contributed by atoms with van der Waals surface area (Å²) in [5.74, 6) is 1.04. The van der Waals surface area contributed by atoms with E-state index in [-0.39, 0.29) is 0 Å². The van der Waals surface area contributed by atoms with Crippen LogP contribution in [0.25, 0.3) is 22.3 Å². The molecular formula is C22H26N4O. The number of likely N-dealkylation sites (N-methyl/N-ethyl adjacent to an activating group) is 1. The van der Waals surface area contributed by atoms with Crippen LogP contribution in [0.1, 0.15) is 16.7 Å². The summed E-state index contributed by atoms with van der Waals surface area (Å²) in [5.41, 5.74) is 4.88. The first-order chi connectivity index (χ1) is 13.0. The molecule has 1 aliphatic rings. The molecule has 0 aliphatic carbocycles. The molecule has 1 aromatic heterocycles. The topological polar surface area (TPSA) is 52.5 Å². The average molecular weight is 362 g/mol. The molecule has 1 aliphatic heterocycles. The second-order valence-corrected chi connectivity index (χ2v) is 7.62. The SMILES string of the molecule is Cc1cc(-c2ncc3cc(CN4CCN(C)CC4)ccc3n2)cc(C)c1O. The van der Waals surface area contributed by atoms with Crippen LogP contribution in [0.5, 0.6) is 5.75 Å². The Morgan fingerprint density at radius 2 is 1.70 bits per heavy atom. The number of aromatic hydroxyl groups is 1. The summed E-state index contributed by atoms with van der Waals surface area (Å²) in [6.07, 6.45) is 1.91. The molecule has 0 amide bonds. The maximum absolute atomic E-state index is 9.98. The summed E-state index contributed by atoms with van der Waals surface area (Å²) in [7, 11) is 2.18. The largest absolute Gasteiger partial charge is 0.507 e. The third kappa shape index (κ3) is 3.80. The lowest BCUT2D eigenvalue weighted by atomic mass is 10.0. The van der Waals surface area contributed by atoms with Crippen molar-refractivity contribution in [3.63, 3.8) is 0 Å². The Kier molecular flexibility index (Phi) is 4.81. The molecule has 5 nitrogen and oxygen atoms in total. The van der Waals surface area contributed by atoms with Gasteiger partial charge in [0.1, 0.15) is 5.75 Å². The second-order valence-electron chi connectivity index (χ2n) is 7.62. The van der Waals surface area contributed by atoms with Crippen molar-refractivity contribution in [3.8, 4) is 17.1 Å². The summed E-state index contributed by atoms with van der Waals surface area (Å²) in [6.45, 7) is 9.26. The fraction of sp³-hybridized carbons (Fsp3) is 0.364. The molecule has 5 heteroatoms. The first-order valence-electron chi connectivity index (χ1n) is 9.47. The predicted molar refractivity (Wildman–Crippen MR) is 109 cm³/mol. The fourth-order valence-corrected chi connectivity index (χ4v) is 3.67. The van der Waals surface area contributed by atoms with Crippen molar-refractivity contribution in [2.24, 2.45) is 0 Å². The lowest BCUT2D eigenvalue weighted by molar-refractivity contribution is 0.148. The zero-order chi connectivity index (χ0) is 19.0. The number of aromatic nitrogens is 2. The molecule has 4 rings (SSSR count). The Morgan fingerprint density at radius 1 is 1.00 bits per heavy atom. The van der Waals surface area contributed by atoms with Crippen LogP contribution in [0.3, 0.4) is 0 Å². The monoisotopic (exact) mass is 362 g/mol. The smallest absolute Gasteiger partial charge is 0.159 e. The van der Waals surface area contributed by atoms with E-state index >= 15 is 0 Å². The molecule has 2 heterocycles. The van der Waals surface area contributed by atoms with Crippen molar-refractivity contribution in [1.29, 1.82) is 0 Å². The van der Waals surface area contributed by atoms with E-state index in [1.54, 1.807) is 0 Å². The van der Waals surface area contributed by atoms with Gasteiger partial charge in [-0.25, -0.2) is 9.97 Å². The molecule has 0 bridgehead atoms. The molecule has 3 aromatic rings. The molecular weight excluding hydrogens is 336 g/mol. The highest BCUT2D eigenvalue weighted by Gasteiger charge is 2.14. The number of rotatable bonds is 3. The maximum atomic E-state index is 9.98. The van der Waals surface area contributed by atoms with E-state index in [0.717, 1.165) is 60.3 Å². The van der Waals surface area contributed by atoms with Crippen LogP contribution in [0.4, 0.5) is 0 Å². The van der Waals surface area contributed by atoms with E-state index in [4.69, 9.17) is 4.98 Å². The standard InChI is InChI=1S/C22H26N4O/c1-15-10-18(11-16(2)21(15)27)22-23-13-19-12-17(4-5-20(19)24-22)14-26-8-6-25(3)7-9-26/h4-5,10-13,27H,6-9,14H2,1-3H3. The number of aryl methyl sites for hydroxylation is 2. The quantitative estimate of drug-likeness (QED) is 0.774. The van der Waals surface area contributed by atoms with E-state index in [1.165, 1.54) is 5.56 Å². The van der Waals surface area contributed by atoms with E-state index in [2.05, 4.69) is 40.0 Å². The van der Waals surface area contributed by atoms with Crippen molar-refractivity contribution in [1.82, 2.24) is 19.8 Å². The van der Waals surface area contributed by atoms with Gasteiger partial charge in [-0.05, 0) is 61.9 Å². The van der Waals surface area contributed by atoms with Crippen LogP contribution in [0.2, 0.25) is 0 Å². The van der Waals surface area contributed by atoms with Crippen molar-refractivity contribution in [3.05, 3.63) is 53.2 Å². The zero-order valence-corrected chi connectivity index (χ0v) is 16.2. The van der Waals surface area contributed by atoms with Crippen LogP contribution >= 0.6 is 0 Å². The number of hydrogen-bond donors (Lipinski definition) is 1. The molecule has 2 aromatic carbocycles. The summed E-state index contributed by atoms with van der Waals surface area (Å²) < 4.78 is 0. The van der Waals surface area contributed by atoms with Crippen LogP contribution < -0.4 is 0 Å². The number of benzene rings is 2. The predicted octanol–water partition coefficient (Wildman–Crippen LogP) is 3.37. The van der Waals surface area contributed by atoms with Gasteiger partial charge in [0.15, 0.2) is 5.82 Å². The van der Waals surface area contributed by atoms with Gasteiger partial charge in [-0.3, -0.25) is 4.90 Å². The Labute approximate surface area is 160 Å². The third-order valence-electron chi connectivity index (χ3n) is 5.40. The molecule has 1 N–H and O–H groups in total. The molecule has 0 radical (unpaired) electrons. The highest BCUT2D eigenvalue weighted by molar-refractivity contribution is 5.80. The summed E-state index contributed by atoms with van der Waals surface area (Å²) in [5, 5.41) is 11.0. The van der Waals surface area contributed by atoms with Gasteiger partial charge in [0, 0.05) is 49.9 Å². The minimum atomic E-state index is 0.341. The summed E-state index contributed by atoms with van der Waals surface area (Å²) in [4.78, 5) is 14.2. The Balaban J connectivity index is 1.59. The molecule has 0 saturated carbocycles. The first-order valence-corrected chi connectivity index (χ1v) is 9.47. The summed E-state index contributed by atoms with van der Waals surface area (Å²) >= 11 is 0.